The Kier molecular flexibility index (Phi) is 5.83. The van der Waals surface area contributed by atoms with Crippen LogP contribution in [0.5, 0.6) is 5.75 Å². The van der Waals surface area contributed by atoms with Crippen molar-refractivity contribution in [3.05, 3.63) is 24.3 Å². The maximum atomic E-state index is 11.8. The fourth-order valence-electron chi connectivity index (χ4n) is 1.40. The molecule has 2 atom stereocenters. The molecule has 0 aliphatic heterocycles. The van der Waals surface area contributed by atoms with Crippen molar-refractivity contribution in [2.45, 2.75) is 44.2 Å². The lowest BCUT2D eigenvalue weighted by atomic mass is 10.2. The first-order chi connectivity index (χ1) is 9.24. The lowest BCUT2D eigenvalue weighted by Gasteiger charge is -2.17. The molecule has 1 N–H and O–H groups in total. The van der Waals surface area contributed by atoms with Crippen molar-refractivity contribution in [3.63, 3.8) is 0 Å². The summed E-state index contributed by atoms with van der Waals surface area (Å²) in [5.74, 6) is 0.189. The first kappa shape index (κ1) is 16.8. The molecule has 0 bridgehead atoms. The Morgan fingerprint density at radius 2 is 1.85 bits per heavy atom. The van der Waals surface area contributed by atoms with Crippen molar-refractivity contribution in [1.29, 1.82) is 0 Å². The van der Waals surface area contributed by atoms with Gasteiger partial charge in [-0.15, -0.1) is 0 Å². The van der Waals surface area contributed by atoms with Crippen molar-refractivity contribution in [2.75, 3.05) is 0 Å². The van der Waals surface area contributed by atoms with E-state index < -0.39 is 15.2 Å². The first-order valence-electron chi connectivity index (χ1n) is 6.25. The second-order valence-corrected chi connectivity index (χ2v) is 7.05. The van der Waals surface area contributed by atoms with Gasteiger partial charge in [0.15, 0.2) is 6.10 Å². The molecule has 1 rings (SSSR count). The monoisotopic (exact) mass is 319 g/mol. The van der Waals surface area contributed by atoms with Crippen LogP contribution in [-0.2, 0) is 13.8 Å². The smallest absolute Gasteiger partial charge is 0.261 e. The zero-order chi connectivity index (χ0) is 15.3. The summed E-state index contributed by atoms with van der Waals surface area (Å²) < 4.78 is 27.6. The Balaban J connectivity index is 2.67. The van der Waals surface area contributed by atoms with E-state index in [1.165, 1.54) is 24.3 Å². The summed E-state index contributed by atoms with van der Waals surface area (Å²) in [7, 11) is 1.46. The third kappa shape index (κ3) is 5.02. The van der Waals surface area contributed by atoms with E-state index in [0.29, 0.717) is 5.75 Å². The second kappa shape index (κ2) is 6.95. The van der Waals surface area contributed by atoms with Gasteiger partial charge in [-0.25, -0.2) is 8.42 Å². The number of amides is 1. The van der Waals surface area contributed by atoms with Crippen LogP contribution in [0.2, 0.25) is 0 Å². The average molecular weight is 320 g/mol. The summed E-state index contributed by atoms with van der Waals surface area (Å²) in [5, 5.41) is 2.80. The molecule has 1 amide bonds. The van der Waals surface area contributed by atoms with E-state index in [9.17, 15) is 13.2 Å². The van der Waals surface area contributed by atoms with E-state index in [0.717, 1.165) is 6.42 Å². The summed E-state index contributed by atoms with van der Waals surface area (Å²) in [6.07, 6.45) is 0.170. The largest absolute Gasteiger partial charge is 0.481 e. The van der Waals surface area contributed by atoms with Crippen LogP contribution in [0.3, 0.4) is 0 Å². The molecule has 0 saturated carbocycles. The number of carbonyl (C=O) groups is 1. The van der Waals surface area contributed by atoms with Gasteiger partial charge in [0.05, 0.1) is 4.90 Å². The van der Waals surface area contributed by atoms with Gasteiger partial charge in [0.25, 0.3) is 15.0 Å². The van der Waals surface area contributed by atoms with Crippen LogP contribution in [0.15, 0.2) is 29.2 Å². The van der Waals surface area contributed by atoms with Gasteiger partial charge < -0.3 is 10.1 Å². The molecule has 0 aliphatic carbocycles. The van der Waals surface area contributed by atoms with Crippen LogP contribution in [0.1, 0.15) is 27.2 Å². The van der Waals surface area contributed by atoms with Crippen LogP contribution in [0.4, 0.5) is 0 Å². The van der Waals surface area contributed by atoms with Crippen LogP contribution >= 0.6 is 10.7 Å². The van der Waals surface area contributed by atoms with Gasteiger partial charge in [-0.1, -0.05) is 6.92 Å². The molecule has 7 heteroatoms. The third-order valence-corrected chi connectivity index (χ3v) is 4.16. The number of hydrogen-bond acceptors (Lipinski definition) is 4. The van der Waals surface area contributed by atoms with E-state index in [2.05, 4.69) is 5.32 Å². The number of ether oxygens (including phenoxy) is 1. The standard InChI is InChI=1S/C13H18ClNO4S/c1-4-9(2)15-13(16)10(3)19-11-5-7-12(8-6-11)20(14,17)18/h5-10H,4H2,1-3H3,(H,15,16). The topological polar surface area (TPSA) is 72.5 Å². The molecule has 2 unspecified atom stereocenters. The van der Waals surface area contributed by atoms with E-state index in [-0.39, 0.29) is 16.8 Å². The van der Waals surface area contributed by atoms with Gasteiger partial charge in [0, 0.05) is 16.7 Å². The highest BCUT2D eigenvalue weighted by atomic mass is 35.7. The Bertz CT molecular complexity index is 556. The maximum absolute atomic E-state index is 11.8. The van der Waals surface area contributed by atoms with Crippen molar-refractivity contribution in [1.82, 2.24) is 5.32 Å². The molecule has 0 heterocycles. The Morgan fingerprint density at radius 1 is 1.30 bits per heavy atom. The number of halogens is 1. The summed E-state index contributed by atoms with van der Waals surface area (Å²) >= 11 is 0. The fourth-order valence-corrected chi connectivity index (χ4v) is 2.17. The minimum atomic E-state index is -3.75. The van der Waals surface area contributed by atoms with Gasteiger partial charge in [0.2, 0.25) is 0 Å². The molecule has 1 aromatic carbocycles. The van der Waals surface area contributed by atoms with Crippen LogP contribution in [0, 0.1) is 0 Å². The number of rotatable bonds is 6. The number of nitrogens with one attached hydrogen (secondary N) is 1. The van der Waals surface area contributed by atoms with Crippen LogP contribution in [0.25, 0.3) is 0 Å². The molecule has 0 saturated heterocycles. The molecule has 0 aromatic heterocycles. The van der Waals surface area contributed by atoms with Crippen molar-refractivity contribution >= 4 is 25.6 Å². The number of carbonyl (C=O) groups excluding carboxylic acids is 1. The van der Waals surface area contributed by atoms with Crippen LogP contribution < -0.4 is 10.1 Å². The van der Waals surface area contributed by atoms with Gasteiger partial charge in [-0.05, 0) is 44.5 Å². The minimum Gasteiger partial charge on any atom is -0.481 e. The van der Waals surface area contributed by atoms with Gasteiger partial charge in [0.1, 0.15) is 5.75 Å². The van der Waals surface area contributed by atoms with Crippen molar-refractivity contribution in [2.24, 2.45) is 0 Å². The molecular formula is C13H18ClNO4S. The molecule has 0 aliphatic rings. The lowest BCUT2D eigenvalue weighted by molar-refractivity contribution is -0.127. The normalized spacial score (nSPS) is 14.4. The number of hydrogen-bond donors (Lipinski definition) is 1. The van der Waals surface area contributed by atoms with Gasteiger partial charge >= 0.3 is 0 Å². The second-order valence-electron chi connectivity index (χ2n) is 4.49. The Labute approximate surface area is 123 Å². The van der Waals surface area contributed by atoms with Crippen molar-refractivity contribution < 1.29 is 17.9 Å². The fraction of sp³-hybridized carbons (Fsp3) is 0.462. The zero-order valence-corrected chi connectivity index (χ0v) is 13.2. The predicted molar refractivity (Wildman–Crippen MR) is 77.5 cm³/mol. The SMILES string of the molecule is CCC(C)NC(=O)C(C)Oc1ccc(S(=O)(=O)Cl)cc1. The summed E-state index contributed by atoms with van der Waals surface area (Å²) in [5.41, 5.74) is 0. The summed E-state index contributed by atoms with van der Waals surface area (Å²) in [6, 6.07) is 5.66. The summed E-state index contributed by atoms with van der Waals surface area (Å²) in [6.45, 7) is 5.51. The molecule has 5 nitrogen and oxygen atoms in total. The highest BCUT2D eigenvalue weighted by Gasteiger charge is 2.16. The van der Waals surface area contributed by atoms with E-state index >= 15 is 0 Å². The third-order valence-electron chi connectivity index (χ3n) is 2.79. The molecular weight excluding hydrogens is 302 g/mol. The lowest BCUT2D eigenvalue weighted by Crippen LogP contribution is -2.40. The van der Waals surface area contributed by atoms with Crippen molar-refractivity contribution in [3.8, 4) is 5.75 Å². The Hall–Kier alpha value is -1.27. The molecule has 0 radical (unpaired) electrons. The average Bonchev–Trinajstić information content (AvgIpc) is 2.38. The highest BCUT2D eigenvalue weighted by Crippen LogP contribution is 2.19. The van der Waals surface area contributed by atoms with E-state index in [1.54, 1.807) is 6.92 Å². The summed E-state index contributed by atoms with van der Waals surface area (Å²) in [4.78, 5) is 11.8. The minimum absolute atomic E-state index is 0.0109. The quantitative estimate of drug-likeness (QED) is 0.817. The van der Waals surface area contributed by atoms with Gasteiger partial charge in [-0.3, -0.25) is 4.79 Å². The molecule has 0 fully saturated rings. The zero-order valence-electron chi connectivity index (χ0n) is 11.6. The van der Waals surface area contributed by atoms with E-state index in [4.69, 9.17) is 15.4 Å². The van der Waals surface area contributed by atoms with E-state index in [1.807, 2.05) is 13.8 Å². The molecule has 1 aromatic rings. The molecule has 0 spiro atoms. The maximum Gasteiger partial charge on any atom is 0.261 e. The highest BCUT2D eigenvalue weighted by molar-refractivity contribution is 8.13. The first-order valence-corrected chi connectivity index (χ1v) is 8.56. The van der Waals surface area contributed by atoms with Gasteiger partial charge in [-0.2, -0.15) is 0 Å². The molecule has 112 valence electrons. The van der Waals surface area contributed by atoms with Crippen LogP contribution in [-0.4, -0.2) is 26.5 Å². The Morgan fingerprint density at radius 3 is 2.30 bits per heavy atom. The number of benzene rings is 1. The predicted octanol–water partition coefficient (Wildman–Crippen LogP) is 2.30. The molecule has 20 heavy (non-hydrogen) atoms.